The molecule has 2 rings (SSSR count). The molecule has 1 amide bonds. The van der Waals surface area contributed by atoms with E-state index in [1.54, 1.807) is 0 Å². The van der Waals surface area contributed by atoms with E-state index in [4.69, 9.17) is 10.2 Å². The molecule has 0 unspecified atom stereocenters. The Labute approximate surface area is 149 Å². The minimum absolute atomic E-state index is 0. The summed E-state index contributed by atoms with van der Waals surface area (Å²) in [6, 6.07) is 3.99. The van der Waals surface area contributed by atoms with Crippen LogP contribution in [0.3, 0.4) is 0 Å². The quantitative estimate of drug-likeness (QED) is 0.559. The Kier molecular flexibility index (Phi) is 6.71. The monoisotopic (exact) mass is 372 g/mol. The third-order valence-electron chi connectivity index (χ3n) is 3.39. The molecule has 0 aliphatic carbocycles. The topological polar surface area (TPSA) is 133 Å². The van der Waals surface area contributed by atoms with E-state index >= 15 is 0 Å². The molecule has 0 aliphatic rings. The van der Waals surface area contributed by atoms with Gasteiger partial charge in [0.2, 0.25) is 5.91 Å². The van der Waals surface area contributed by atoms with Crippen molar-refractivity contribution < 1.29 is 14.1 Å². The third-order valence-corrected chi connectivity index (χ3v) is 3.39. The van der Waals surface area contributed by atoms with Crippen LogP contribution >= 0.6 is 12.4 Å². The summed E-state index contributed by atoms with van der Waals surface area (Å²) in [7, 11) is 0. The lowest BCUT2D eigenvalue weighted by atomic mass is 10.1. The lowest BCUT2D eigenvalue weighted by Gasteiger charge is -2.18. The predicted octanol–water partition coefficient (Wildman–Crippen LogP) is 1.56. The molecule has 0 radical (unpaired) electrons. The number of amides is 1. The Balaban J connectivity index is 0.00000312. The number of oxazole rings is 1. The lowest BCUT2D eigenvalue weighted by Crippen LogP contribution is -2.45. The Bertz CT molecular complexity index is 821. The summed E-state index contributed by atoms with van der Waals surface area (Å²) in [5, 5.41) is 13.5. The highest BCUT2D eigenvalue weighted by atomic mass is 35.5. The molecule has 0 saturated heterocycles. The largest absolute Gasteiger partial charge is 0.419 e. The van der Waals surface area contributed by atoms with Gasteiger partial charge >= 0.3 is 5.76 Å². The zero-order valence-corrected chi connectivity index (χ0v) is 14.8. The number of aryl methyl sites for hydroxylation is 1. The second-order valence-electron chi connectivity index (χ2n) is 6.30. The van der Waals surface area contributed by atoms with Gasteiger partial charge in [0.05, 0.1) is 16.5 Å². The van der Waals surface area contributed by atoms with E-state index in [1.807, 2.05) is 13.8 Å². The maximum absolute atomic E-state index is 11.9. The summed E-state index contributed by atoms with van der Waals surface area (Å²) >= 11 is 0. The van der Waals surface area contributed by atoms with Crippen molar-refractivity contribution in [3.05, 3.63) is 38.9 Å². The Morgan fingerprint density at radius 3 is 2.72 bits per heavy atom. The van der Waals surface area contributed by atoms with Gasteiger partial charge < -0.3 is 15.5 Å². The summed E-state index contributed by atoms with van der Waals surface area (Å²) < 4.78 is 6.39. The van der Waals surface area contributed by atoms with Gasteiger partial charge in [-0.05, 0) is 26.3 Å². The van der Waals surface area contributed by atoms with Gasteiger partial charge in [0.1, 0.15) is 0 Å². The number of carbonyl (C=O) groups is 1. The van der Waals surface area contributed by atoms with Gasteiger partial charge in [0.25, 0.3) is 5.69 Å². The number of halogens is 1. The van der Waals surface area contributed by atoms with E-state index in [2.05, 4.69) is 5.32 Å². The van der Waals surface area contributed by atoms with Crippen molar-refractivity contribution in [2.75, 3.05) is 6.54 Å². The first-order valence-electron chi connectivity index (χ1n) is 7.51. The number of nitrogens with two attached hydrogens (primary N) is 1. The van der Waals surface area contributed by atoms with Crippen molar-refractivity contribution in [1.29, 1.82) is 0 Å². The number of nitro benzene ring substituents is 1. The Morgan fingerprint density at radius 2 is 2.12 bits per heavy atom. The van der Waals surface area contributed by atoms with Gasteiger partial charge in [0, 0.05) is 31.1 Å². The van der Waals surface area contributed by atoms with Crippen LogP contribution < -0.4 is 16.8 Å². The molecule has 0 aliphatic heterocycles. The predicted molar refractivity (Wildman–Crippen MR) is 94.9 cm³/mol. The van der Waals surface area contributed by atoms with Crippen molar-refractivity contribution >= 4 is 35.1 Å². The van der Waals surface area contributed by atoms with E-state index in [9.17, 15) is 19.7 Å². The number of nitrogens with zero attached hydrogens (tertiary/aromatic N) is 2. The van der Waals surface area contributed by atoms with Crippen molar-refractivity contribution in [2.24, 2.45) is 5.73 Å². The number of non-ortho nitro benzene ring substituents is 1. The summed E-state index contributed by atoms with van der Waals surface area (Å²) in [4.78, 5) is 33.8. The minimum Gasteiger partial charge on any atom is -0.407 e. The third kappa shape index (κ3) is 5.57. The SMILES string of the molecule is CC(C)(N)CNC(=O)CCCn1c(=O)oc2cc([N+](=O)[O-])ccc21.Cl. The highest BCUT2D eigenvalue weighted by Crippen LogP contribution is 2.20. The van der Waals surface area contributed by atoms with E-state index in [0.717, 1.165) is 0 Å². The molecule has 10 heteroatoms. The smallest absolute Gasteiger partial charge is 0.407 e. The average molecular weight is 373 g/mol. The molecule has 2 aromatic rings. The fourth-order valence-electron chi connectivity index (χ4n) is 2.19. The zero-order chi connectivity index (χ0) is 17.9. The zero-order valence-electron chi connectivity index (χ0n) is 14.0. The van der Waals surface area contributed by atoms with Crippen LogP contribution in [-0.2, 0) is 11.3 Å². The van der Waals surface area contributed by atoms with Crippen molar-refractivity contribution in [3.8, 4) is 0 Å². The van der Waals surface area contributed by atoms with Crippen LogP contribution in [0.5, 0.6) is 0 Å². The first-order chi connectivity index (χ1) is 11.2. The summed E-state index contributed by atoms with van der Waals surface area (Å²) in [5.41, 5.74) is 5.78. The standard InChI is InChI=1S/C15H20N4O5.ClH/c1-15(2,16)9-17-13(20)4-3-7-18-11-6-5-10(19(22)23)8-12(11)24-14(18)21;/h5-6,8H,3-4,7,9,16H2,1-2H3,(H,17,20);1H. The van der Waals surface area contributed by atoms with Crippen LogP contribution in [0.1, 0.15) is 26.7 Å². The van der Waals surface area contributed by atoms with Gasteiger partial charge in [-0.25, -0.2) is 4.79 Å². The molecule has 9 nitrogen and oxygen atoms in total. The molecule has 1 heterocycles. The molecular weight excluding hydrogens is 352 g/mol. The molecule has 25 heavy (non-hydrogen) atoms. The van der Waals surface area contributed by atoms with Crippen molar-refractivity contribution in [3.63, 3.8) is 0 Å². The molecule has 0 fully saturated rings. The molecule has 138 valence electrons. The number of nitro groups is 1. The highest BCUT2D eigenvalue weighted by molar-refractivity contribution is 5.85. The van der Waals surface area contributed by atoms with E-state index in [-0.39, 0.29) is 42.6 Å². The molecule has 1 aromatic carbocycles. The number of nitrogens with one attached hydrogen (secondary N) is 1. The maximum atomic E-state index is 11.9. The van der Waals surface area contributed by atoms with Crippen LogP contribution in [-0.4, -0.2) is 27.5 Å². The number of fused-ring (bicyclic) bond motifs is 1. The van der Waals surface area contributed by atoms with Gasteiger partial charge in [-0.3, -0.25) is 19.5 Å². The lowest BCUT2D eigenvalue weighted by molar-refractivity contribution is -0.384. The van der Waals surface area contributed by atoms with Crippen molar-refractivity contribution in [2.45, 2.75) is 38.8 Å². The molecule has 1 aromatic heterocycles. The average Bonchev–Trinajstić information content (AvgIpc) is 2.79. The maximum Gasteiger partial charge on any atom is 0.419 e. The summed E-state index contributed by atoms with van der Waals surface area (Å²) in [5.74, 6) is -0.751. The van der Waals surface area contributed by atoms with Gasteiger partial charge in [-0.2, -0.15) is 0 Å². The summed E-state index contributed by atoms with van der Waals surface area (Å²) in [6.45, 7) is 4.26. The van der Waals surface area contributed by atoms with Crippen LogP contribution in [0.15, 0.2) is 27.4 Å². The molecule has 0 bridgehead atoms. The van der Waals surface area contributed by atoms with Crippen LogP contribution in [0.4, 0.5) is 5.69 Å². The van der Waals surface area contributed by atoms with Crippen LogP contribution in [0.2, 0.25) is 0 Å². The Morgan fingerprint density at radius 1 is 1.44 bits per heavy atom. The molecule has 0 atom stereocenters. The number of benzene rings is 1. The number of rotatable bonds is 7. The Hall–Kier alpha value is -2.39. The highest BCUT2D eigenvalue weighted by Gasteiger charge is 2.15. The number of aromatic nitrogens is 1. The van der Waals surface area contributed by atoms with E-state index < -0.39 is 16.2 Å². The second-order valence-corrected chi connectivity index (χ2v) is 6.30. The molecule has 3 N–H and O–H groups in total. The summed E-state index contributed by atoms with van der Waals surface area (Å²) in [6.07, 6.45) is 0.671. The van der Waals surface area contributed by atoms with E-state index in [1.165, 1.54) is 22.8 Å². The van der Waals surface area contributed by atoms with Crippen molar-refractivity contribution in [1.82, 2.24) is 9.88 Å². The second kappa shape index (κ2) is 8.13. The molecule has 0 saturated carbocycles. The number of hydrogen-bond donors (Lipinski definition) is 2. The van der Waals surface area contributed by atoms with Gasteiger partial charge in [-0.15, -0.1) is 12.4 Å². The van der Waals surface area contributed by atoms with Gasteiger partial charge in [0.15, 0.2) is 5.58 Å². The fourth-order valence-corrected chi connectivity index (χ4v) is 2.19. The normalized spacial score (nSPS) is 11.2. The van der Waals surface area contributed by atoms with Crippen LogP contribution in [0.25, 0.3) is 11.1 Å². The number of hydrogen-bond acceptors (Lipinski definition) is 6. The minimum atomic E-state index is -0.603. The first kappa shape index (κ1) is 20.7. The molecular formula is C15H21ClN4O5. The van der Waals surface area contributed by atoms with E-state index in [0.29, 0.717) is 18.5 Å². The number of carbonyl (C=O) groups excluding carboxylic acids is 1. The van der Waals surface area contributed by atoms with Gasteiger partial charge in [-0.1, -0.05) is 0 Å². The fraction of sp³-hybridized carbons (Fsp3) is 0.467. The van der Waals surface area contributed by atoms with Crippen LogP contribution in [0, 0.1) is 10.1 Å². The molecule has 0 spiro atoms. The first-order valence-corrected chi connectivity index (χ1v) is 7.51.